The number of nitrogens with one attached hydrogen (secondary N) is 1. The quantitative estimate of drug-likeness (QED) is 0.852. The van der Waals surface area contributed by atoms with E-state index in [1.165, 1.54) is 25.7 Å². The normalized spacial score (nSPS) is 22.9. The zero-order chi connectivity index (χ0) is 11.7. The van der Waals surface area contributed by atoms with Gasteiger partial charge >= 0.3 is 6.01 Å². The Labute approximate surface area is 101 Å². The molecule has 2 fully saturated rings. The first-order chi connectivity index (χ1) is 8.32. The Balaban J connectivity index is 1.77. The van der Waals surface area contributed by atoms with E-state index in [1.807, 2.05) is 6.92 Å². The molecule has 0 bridgehead atoms. The molecule has 0 spiro atoms. The zero-order valence-electron chi connectivity index (χ0n) is 10.2. The average Bonchev–Trinajstić information content (AvgIpc) is 2.80. The molecule has 0 amide bonds. The molecule has 0 unspecified atom stereocenters. The molecular weight excluding hydrogens is 218 g/mol. The van der Waals surface area contributed by atoms with Crippen molar-refractivity contribution in [1.29, 1.82) is 0 Å². The second kappa shape index (κ2) is 4.29. The Bertz CT molecular complexity index is 381. The van der Waals surface area contributed by atoms with Gasteiger partial charge in [-0.15, -0.1) is 0 Å². The van der Waals surface area contributed by atoms with E-state index in [2.05, 4.69) is 15.5 Å². The van der Waals surface area contributed by atoms with E-state index in [9.17, 15) is 0 Å². The maximum atomic E-state index is 5.90. The maximum absolute atomic E-state index is 5.90. The molecule has 0 saturated heterocycles. The maximum Gasteiger partial charge on any atom is 0.321 e. The van der Waals surface area contributed by atoms with Crippen LogP contribution in [0.25, 0.3) is 0 Å². The highest BCUT2D eigenvalue weighted by atomic mass is 16.5. The molecule has 0 aromatic carbocycles. The van der Waals surface area contributed by atoms with Crippen LogP contribution in [0.2, 0.25) is 0 Å². The van der Waals surface area contributed by atoms with E-state index in [0.717, 1.165) is 18.7 Å². The molecule has 1 heterocycles. The van der Waals surface area contributed by atoms with Crippen molar-refractivity contribution in [3.63, 3.8) is 0 Å². The summed E-state index contributed by atoms with van der Waals surface area (Å²) < 4.78 is 11.1. The summed E-state index contributed by atoms with van der Waals surface area (Å²) in [4.78, 5) is 4.45. The first-order valence-corrected chi connectivity index (χ1v) is 6.57. The van der Waals surface area contributed by atoms with Crippen molar-refractivity contribution in [2.45, 2.75) is 57.1 Å². The summed E-state index contributed by atoms with van der Waals surface area (Å²) in [6, 6.07) is 1.09. The van der Waals surface area contributed by atoms with E-state index >= 15 is 0 Å². The van der Waals surface area contributed by atoms with Gasteiger partial charge in [0.15, 0.2) is 0 Å². The van der Waals surface area contributed by atoms with Gasteiger partial charge in [-0.3, -0.25) is 0 Å². The van der Waals surface area contributed by atoms with Gasteiger partial charge in [0, 0.05) is 12.6 Å². The Morgan fingerprint density at radius 2 is 2.18 bits per heavy atom. The molecule has 1 N–H and O–H groups in total. The number of rotatable bonds is 5. The molecule has 5 nitrogen and oxygen atoms in total. The molecule has 0 atom stereocenters. The van der Waals surface area contributed by atoms with Crippen LogP contribution in [0.5, 0.6) is 0 Å². The summed E-state index contributed by atoms with van der Waals surface area (Å²) >= 11 is 0. The van der Waals surface area contributed by atoms with Crippen molar-refractivity contribution in [1.82, 2.24) is 10.1 Å². The molecule has 94 valence electrons. The summed E-state index contributed by atoms with van der Waals surface area (Å²) in [5.74, 6) is 0.722. The smallest absolute Gasteiger partial charge is 0.321 e. The van der Waals surface area contributed by atoms with E-state index in [-0.39, 0.29) is 5.60 Å². The Kier molecular flexibility index (Phi) is 2.78. The predicted molar refractivity (Wildman–Crippen MR) is 62.7 cm³/mol. The monoisotopic (exact) mass is 237 g/mol. The van der Waals surface area contributed by atoms with Crippen molar-refractivity contribution in [3.8, 4) is 0 Å². The molecule has 0 aliphatic heterocycles. The molecule has 1 aromatic heterocycles. The fourth-order valence-corrected chi connectivity index (χ4v) is 2.52. The largest absolute Gasteiger partial charge is 0.367 e. The molecule has 0 radical (unpaired) electrons. The minimum absolute atomic E-state index is 0.290. The third-order valence-electron chi connectivity index (χ3n) is 3.57. The second-order valence-electron chi connectivity index (χ2n) is 4.98. The highest BCUT2D eigenvalue weighted by Crippen LogP contribution is 2.41. The molecule has 3 rings (SSSR count). The fourth-order valence-electron chi connectivity index (χ4n) is 2.52. The number of hydrogen-bond donors (Lipinski definition) is 1. The summed E-state index contributed by atoms with van der Waals surface area (Å²) in [6.07, 6.45) is 6.77. The van der Waals surface area contributed by atoms with Gasteiger partial charge in [0.2, 0.25) is 5.82 Å². The Morgan fingerprint density at radius 3 is 2.82 bits per heavy atom. The number of anilines is 1. The van der Waals surface area contributed by atoms with Crippen LogP contribution < -0.4 is 5.32 Å². The van der Waals surface area contributed by atoms with Crippen LogP contribution in [0.4, 0.5) is 6.01 Å². The standard InChI is InChI=1S/C12H19N3O2/c1-2-16-12(7-3-4-8-12)10-14-11(17-15-10)13-9-5-6-9/h9H,2-8H2,1H3,(H,13,14,15). The third kappa shape index (κ3) is 2.16. The molecule has 2 saturated carbocycles. The third-order valence-corrected chi connectivity index (χ3v) is 3.57. The van der Waals surface area contributed by atoms with Crippen molar-refractivity contribution >= 4 is 6.01 Å². The average molecular weight is 237 g/mol. The molecule has 2 aliphatic rings. The van der Waals surface area contributed by atoms with Crippen LogP contribution in [-0.2, 0) is 10.3 Å². The number of ether oxygens (including phenoxy) is 1. The predicted octanol–water partition coefficient (Wildman–Crippen LogP) is 2.45. The van der Waals surface area contributed by atoms with Crippen molar-refractivity contribution in [3.05, 3.63) is 5.82 Å². The summed E-state index contributed by atoms with van der Waals surface area (Å²) in [5.41, 5.74) is -0.290. The highest BCUT2D eigenvalue weighted by Gasteiger charge is 2.41. The van der Waals surface area contributed by atoms with Gasteiger partial charge in [-0.05, 0) is 45.4 Å². The minimum Gasteiger partial charge on any atom is -0.367 e. The number of nitrogens with zero attached hydrogens (tertiary/aromatic N) is 2. The van der Waals surface area contributed by atoms with E-state index in [1.54, 1.807) is 0 Å². The first-order valence-electron chi connectivity index (χ1n) is 6.57. The van der Waals surface area contributed by atoms with Gasteiger partial charge < -0.3 is 14.6 Å². The topological polar surface area (TPSA) is 60.2 Å². The SMILES string of the molecule is CCOC1(c2noc(NC3CC3)n2)CCCC1. The Morgan fingerprint density at radius 1 is 1.41 bits per heavy atom. The van der Waals surface area contributed by atoms with Crippen molar-refractivity contribution < 1.29 is 9.26 Å². The van der Waals surface area contributed by atoms with Gasteiger partial charge in [-0.1, -0.05) is 5.16 Å². The van der Waals surface area contributed by atoms with Crippen molar-refractivity contribution in [2.75, 3.05) is 11.9 Å². The second-order valence-corrected chi connectivity index (χ2v) is 4.98. The summed E-state index contributed by atoms with van der Waals surface area (Å²) in [5, 5.41) is 7.32. The van der Waals surface area contributed by atoms with Crippen LogP contribution in [0, 0.1) is 0 Å². The first kappa shape index (κ1) is 11.0. The lowest BCUT2D eigenvalue weighted by Gasteiger charge is -2.24. The van der Waals surface area contributed by atoms with Crippen LogP contribution in [0.1, 0.15) is 51.3 Å². The van der Waals surface area contributed by atoms with Gasteiger partial charge in [0.05, 0.1) is 0 Å². The zero-order valence-corrected chi connectivity index (χ0v) is 10.2. The minimum atomic E-state index is -0.290. The van der Waals surface area contributed by atoms with Gasteiger partial charge in [-0.25, -0.2) is 0 Å². The van der Waals surface area contributed by atoms with E-state index in [4.69, 9.17) is 9.26 Å². The van der Waals surface area contributed by atoms with Crippen LogP contribution >= 0.6 is 0 Å². The number of hydrogen-bond acceptors (Lipinski definition) is 5. The molecule has 17 heavy (non-hydrogen) atoms. The fraction of sp³-hybridized carbons (Fsp3) is 0.833. The lowest BCUT2D eigenvalue weighted by molar-refractivity contribution is -0.0469. The van der Waals surface area contributed by atoms with E-state index < -0.39 is 0 Å². The number of aromatic nitrogens is 2. The molecule has 5 heteroatoms. The molecule has 1 aromatic rings. The Hall–Kier alpha value is -1.10. The molecule has 2 aliphatic carbocycles. The summed E-state index contributed by atoms with van der Waals surface area (Å²) in [6.45, 7) is 2.71. The lowest BCUT2D eigenvalue weighted by Crippen LogP contribution is -2.27. The van der Waals surface area contributed by atoms with Gasteiger partial charge in [-0.2, -0.15) is 4.98 Å². The van der Waals surface area contributed by atoms with Crippen molar-refractivity contribution in [2.24, 2.45) is 0 Å². The highest BCUT2D eigenvalue weighted by molar-refractivity contribution is 5.25. The van der Waals surface area contributed by atoms with Gasteiger partial charge in [0.25, 0.3) is 0 Å². The van der Waals surface area contributed by atoms with Crippen LogP contribution in [0.15, 0.2) is 4.52 Å². The van der Waals surface area contributed by atoms with Gasteiger partial charge in [0.1, 0.15) is 5.60 Å². The molecular formula is C12H19N3O2. The van der Waals surface area contributed by atoms with Crippen LogP contribution in [-0.4, -0.2) is 22.8 Å². The lowest BCUT2D eigenvalue weighted by atomic mass is 10.0. The van der Waals surface area contributed by atoms with Crippen LogP contribution in [0.3, 0.4) is 0 Å². The van der Waals surface area contributed by atoms with E-state index in [0.29, 0.717) is 18.7 Å². The summed E-state index contributed by atoms with van der Waals surface area (Å²) in [7, 11) is 0.